The quantitative estimate of drug-likeness (QED) is 0.461. The Kier molecular flexibility index (Phi) is 9.92. The highest BCUT2D eigenvalue weighted by molar-refractivity contribution is 7.89. The van der Waals surface area contributed by atoms with E-state index in [1.807, 2.05) is 25.9 Å². The summed E-state index contributed by atoms with van der Waals surface area (Å²) in [6.45, 7) is 5.06. The fraction of sp³-hybridized carbons (Fsp3) is 0.714. The van der Waals surface area contributed by atoms with E-state index < -0.39 is 20.2 Å². The summed E-state index contributed by atoms with van der Waals surface area (Å²) in [6, 6.07) is 6.60. The Hall–Kier alpha value is -1.24. The summed E-state index contributed by atoms with van der Waals surface area (Å²) < 4.78 is 62.6. The monoisotopic (exact) mass is 490 g/mol. The second-order valence-corrected chi connectivity index (χ2v) is 12.4. The summed E-state index contributed by atoms with van der Waals surface area (Å²) in [7, 11) is -1.84. The second kappa shape index (κ2) is 11.8. The number of methoxy groups -OCH3 is 1. The van der Waals surface area contributed by atoms with Gasteiger partial charge in [-0.1, -0.05) is 6.92 Å². The SMILES string of the molecule is COC(C)C[C@@H]1CCCN(S(=O)(=O)NC[C@@H](C)CNS(=O)(=O)c2ccc(N(C)C)cc2)C1. The molecule has 2 N–H and O–H groups in total. The van der Waals surface area contributed by atoms with Gasteiger partial charge in [-0.2, -0.15) is 12.7 Å². The van der Waals surface area contributed by atoms with Gasteiger partial charge in [-0.15, -0.1) is 0 Å². The highest BCUT2D eigenvalue weighted by Gasteiger charge is 2.29. The maximum atomic E-state index is 12.7. The molecule has 0 aromatic heterocycles. The molecule has 3 atom stereocenters. The van der Waals surface area contributed by atoms with Crippen molar-refractivity contribution in [3.05, 3.63) is 24.3 Å². The molecule has 1 aliphatic heterocycles. The molecule has 1 aliphatic rings. The average molecular weight is 491 g/mol. The standard InChI is InChI=1S/C21H38N4O5S2/c1-17(14-22-31(26,27)21-10-8-20(9-11-21)24(3)4)15-23-32(28,29)25-12-6-7-19(16-25)13-18(2)30-5/h8-11,17-19,22-23H,6-7,12-16H2,1-5H3/t17-,18?,19-/m0/s1. The van der Waals surface area contributed by atoms with Crippen LogP contribution in [0.2, 0.25) is 0 Å². The first kappa shape index (κ1) is 27.0. The van der Waals surface area contributed by atoms with Crippen molar-refractivity contribution in [3.63, 3.8) is 0 Å². The van der Waals surface area contributed by atoms with E-state index in [1.54, 1.807) is 38.3 Å². The first-order chi connectivity index (χ1) is 14.9. The van der Waals surface area contributed by atoms with Gasteiger partial charge in [0, 0.05) is 53.1 Å². The van der Waals surface area contributed by atoms with Gasteiger partial charge in [0.15, 0.2) is 0 Å². The Bertz CT molecular complexity index is 920. The minimum atomic E-state index is -3.66. The van der Waals surface area contributed by atoms with Crippen LogP contribution in [0.15, 0.2) is 29.2 Å². The van der Waals surface area contributed by atoms with E-state index in [1.165, 1.54) is 4.31 Å². The fourth-order valence-corrected chi connectivity index (χ4v) is 6.29. The van der Waals surface area contributed by atoms with Crippen molar-refractivity contribution in [1.82, 2.24) is 13.7 Å². The number of benzene rings is 1. The molecule has 1 aromatic carbocycles. The summed E-state index contributed by atoms with van der Waals surface area (Å²) in [5.74, 6) is 0.0630. The largest absolute Gasteiger partial charge is 0.382 e. The molecule has 11 heteroatoms. The molecule has 1 saturated heterocycles. The van der Waals surface area contributed by atoms with Crippen molar-refractivity contribution in [2.45, 2.75) is 44.1 Å². The average Bonchev–Trinajstić information content (AvgIpc) is 2.76. The van der Waals surface area contributed by atoms with Crippen molar-refractivity contribution in [2.75, 3.05) is 52.3 Å². The number of hydrogen-bond acceptors (Lipinski definition) is 6. The molecule has 2 rings (SSSR count). The van der Waals surface area contributed by atoms with E-state index in [9.17, 15) is 16.8 Å². The number of ether oxygens (including phenoxy) is 1. The van der Waals surface area contributed by atoms with Crippen molar-refractivity contribution < 1.29 is 21.6 Å². The van der Waals surface area contributed by atoms with E-state index in [4.69, 9.17) is 4.74 Å². The molecule has 0 aliphatic carbocycles. The third-order valence-electron chi connectivity index (χ3n) is 5.79. The Morgan fingerprint density at radius 3 is 2.31 bits per heavy atom. The summed E-state index contributed by atoms with van der Waals surface area (Å²) in [5.41, 5.74) is 0.906. The number of hydrogen-bond donors (Lipinski definition) is 2. The topological polar surface area (TPSA) is 108 Å². The molecule has 1 unspecified atom stereocenters. The van der Waals surface area contributed by atoms with Crippen LogP contribution in [0.4, 0.5) is 5.69 Å². The molecule has 0 amide bonds. The molecule has 1 aromatic rings. The van der Waals surface area contributed by atoms with Gasteiger partial charge in [0.25, 0.3) is 10.2 Å². The van der Waals surface area contributed by atoms with E-state index in [0.29, 0.717) is 13.1 Å². The van der Waals surface area contributed by atoms with Gasteiger partial charge in [-0.05, 0) is 62.3 Å². The number of nitrogens with one attached hydrogen (secondary N) is 2. The van der Waals surface area contributed by atoms with Crippen LogP contribution >= 0.6 is 0 Å². The predicted octanol–water partition coefficient (Wildman–Crippen LogP) is 1.64. The highest BCUT2D eigenvalue weighted by Crippen LogP contribution is 2.23. The molecule has 0 spiro atoms. The smallest absolute Gasteiger partial charge is 0.279 e. The molecule has 1 fully saturated rings. The van der Waals surface area contributed by atoms with E-state index in [0.717, 1.165) is 24.9 Å². The molecule has 184 valence electrons. The molecule has 0 radical (unpaired) electrons. The zero-order chi connectivity index (χ0) is 23.9. The van der Waals surface area contributed by atoms with Crippen LogP contribution in [-0.4, -0.2) is 74.6 Å². The second-order valence-electron chi connectivity index (χ2n) is 8.85. The molecule has 32 heavy (non-hydrogen) atoms. The highest BCUT2D eigenvalue weighted by atomic mass is 32.2. The zero-order valence-corrected chi connectivity index (χ0v) is 21.4. The summed E-state index contributed by atoms with van der Waals surface area (Å²) in [5, 5.41) is 0. The van der Waals surface area contributed by atoms with Gasteiger partial charge in [-0.25, -0.2) is 17.9 Å². The number of sulfonamides is 1. The maximum absolute atomic E-state index is 12.7. The lowest BCUT2D eigenvalue weighted by Gasteiger charge is -2.33. The molecule has 1 heterocycles. The first-order valence-corrected chi connectivity index (χ1v) is 13.9. The minimum Gasteiger partial charge on any atom is -0.382 e. The van der Waals surface area contributed by atoms with Crippen LogP contribution in [0.5, 0.6) is 0 Å². The third-order valence-corrected chi connectivity index (χ3v) is 8.77. The Morgan fingerprint density at radius 2 is 1.72 bits per heavy atom. The van der Waals surface area contributed by atoms with Gasteiger partial charge >= 0.3 is 0 Å². The summed E-state index contributed by atoms with van der Waals surface area (Å²) in [4.78, 5) is 2.07. The van der Waals surface area contributed by atoms with E-state index in [-0.39, 0.29) is 35.9 Å². The first-order valence-electron chi connectivity index (χ1n) is 11.0. The Morgan fingerprint density at radius 1 is 1.09 bits per heavy atom. The maximum Gasteiger partial charge on any atom is 0.279 e. The lowest BCUT2D eigenvalue weighted by Crippen LogP contribution is -2.48. The zero-order valence-electron chi connectivity index (χ0n) is 19.7. The van der Waals surface area contributed by atoms with Gasteiger partial charge in [-0.3, -0.25) is 0 Å². The number of rotatable bonds is 12. The van der Waals surface area contributed by atoms with Crippen molar-refractivity contribution in [1.29, 1.82) is 0 Å². The molecule has 0 bridgehead atoms. The van der Waals surface area contributed by atoms with E-state index in [2.05, 4.69) is 9.44 Å². The minimum absolute atomic E-state index is 0.0998. The molecule has 9 nitrogen and oxygen atoms in total. The van der Waals surface area contributed by atoms with Crippen molar-refractivity contribution >= 4 is 25.9 Å². The Labute approximate surface area is 193 Å². The molecule has 0 saturated carbocycles. The van der Waals surface area contributed by atoms with Crippen LogP contribution in [0.25, 0.3) is 0 Å². The van der Waals surface area contributed by atoms with Crippen LogP contribution in [0.3, 0.4) is 0 Å². The van der Waals surface area contributed by atoms with Gasteiger partial charge in [0.1, 0.15) is 0 Å². The fourth-order valence-electron chi connectivity index (χ4n) is 3.67. The number of piperidine rings is 1. The lowest BCUT2D eigenvalue weighted by atomic mass is 9.94. The van der Waals surface area contributed by atoms with Crippen molar-refractivity contribution in [3.8, 4) is 0 Å². The number of nitrogens with zero attached hydrogens (tertiary/aromatic N) is 2. The van der Waals surface area contributed by atoms with Crippen LogP contribution in [0.1, 0.15) is 33.1 Å². The normalized spacial score (nSPS) is 20.1. The molecular weight excluding hydrogens is 452 g/mol. The van der Waals surface area contributed by atoms with Crippen molar-refractivity contribution in [2.24, 2.45) is 11.8 Å². The van der Waals surface area contributed by atoms with E-state index >= 15 is 0 Å². The van der Waals surface area contributed by atoms with Crippen LogP contribution < -0.4 is 14.3 Å². The summed E-state index contributed by atoms with van der Waals surface area (Å²) >= 11 is 0. The summed E-state index contributed by atoms with van der Waals surface area (Å²) in [6.07, 6.45) is 2.75. The lowest BCUT2D eigenvalue weighted by molar-refractivity contribution is 0.0835. The third kappa shape index (κ3) is 7.96. The van der Waals surface area contributed by atoms with Crippen LogP contribution in [-0.2, 0) is 25.0 Å². The van der Waals surface area contributed by atoms with Gasteiger partial charge in [0.2, 0.25) is 10.0 Å². The van der Waals surface area contributed by atoms with Crippen LogP contribution in [0, 0.1) is 11.8 Å². The predicted molar refractivity (Wildman–Crippen MR) is 127 cm³/mol. The van der Waals surface area contributed by atoms with Gasteiger partial charge in [0.05, 0.1) is 11.0 Å². The Balaban J connectivity index is 1.85. The molecular formula is C21H38N4O5S2. The van der Waals surface area contributed by atoms with Gasteiger partial charge < -0.3 is 9.64 Å². The number of anilines is 1.